The van der Waals surface area contributed by atoms with Crippen LogP contribution in [-0.4, -0.2) is 19.8 Å². The van der Waals surface area contributed by atoms with E-state index in [0.717, 1.165) is 18.6 Å². The van der Waals surface area contributed by atoms with E-state index in [-0.39, 0.29) is 6.04 Å². The van der Waals surface area contributed by atoms with Crippen molar-refractivity contribution in [1.29, 1.82) is 0 Å². The SMILES string of the molecule is COCCc1ccc(C#CC(N)C(C)C)cc1. The molecule has 0 saturated heterocycles. The van der Waals surface area contributed by atoms with Gasteiger partial charge in [0.05, 0.1) is 12.6 Å². The van der Waals surface area contributed by atoms with Gasteiger partial charge in [0.25, 0.3) is 0 Å². The molecule has 2 heteroatoms. The lowest BCUT2D eigenvalue weighted by Crippen LogP contribution is -2.23. The summed E-state index contributed by atoms with van der Waals surface area (Å²) in [5.74, 6) is 6.56. The highest BCUT2D eigenvalue weighted by atomic mass is 16.5. The molecule has 0 fully saturated rings. The molecule has 2 nitrogen and oxygen atoms in total. The van der Waals surface area contributed by atoms with Crippen molar-refractivity contribution in [2.24, 2.45) is 11.7 Å². The van der Waals surface area contributed by atoms with Crippen LogP contribution in [0.3, 0.4) is 0 Å². The minimum absolute atomic E-state index is 0.0526. The van der Waals surface area contributed by atoms with Crippen LogP contribution in [0, 0.1) is 17.8 Å². The van der Waals surface area contributed by atoms with E-state index in [2.05, 4.69) is 37.8 Å². The van der Waals surface area contributed by atoms with Gasteiger partial charge in [0.15, 0.2) is 0 Å². The first kappa shape index (κ1) is 13.8. The lowest BCUT2D eigenvalue weighted by Gasteiger charge is -2.06. The molecule has 0 amide bonds. The number of nitrogens with two attached hydrogens (primary N) is 1. The largest absolute Gasteiger partial charge is 0.384 e. The van der Waals surface area contributed by atoms with Crippen molar-refractivity contribution in [2.45, 2.75) is 26.3 Å². The van der Waals surface area contributed by atoms with Gasteiger partial charge in [-0.2, -0.15) is 0 Å². The minimum atomic E-state index is -0.0526. The molecule has 0 aromatic heterocycles. The monoisotopic (exact) mass is 231 g/mol. The second-order valence-electron chi connectivity index (χ2n) is 4.48. The van der Waals surface area contributed by atoms with Gasteiger partial charge in [-0.05, 0) is 30.0 Å². The molecule has 92 valence electrons. The van der Waals surface area contributed by atoms with E-state index < -0.39 is 0 Å². The maximum Gasteiger partial charge on any atom is 0.0691 e. The Kier molecular flexibility index (Phi) is 5.76. The Morgan fingerprint density at radius 2 is 1.88 bits per heavy atom. The molecule has 0 heterocycles. The summed E-state index contributed by atoms with van der Waals surface area (Å²) in [4.78, 5) is 0. The van der Waals surface area contributed by atoms with E-state index >= 15 is 0 Å². The highest BCUT2D eigenvalue weighted by Crippen LogP contribution is 2.04. The standard InChI is InChI=1S/C15H21NO/c1-12(2)15(16)9-8-13-4-6-14(7-5-13)10-11-17-3/h4-7,12,15H,10-11,16H2,1-3H3. The lowest BCUT2D eigenvalue weighted by molar-refractivity contribution is 0.202. The molecule has 0 saturated carbocycles. The molecule has 0 spiro atoms. The van der Waals surface area contributed by atoms with Crippen molar-refractivity contribution in [2.75, 3.05) is 13.7 Å². The molecule has 0 radical (unpaired) electrons. The molecule has 0 aliphatic rings. The van der Waals surface area contributed by atoms with Crippen LogP contribution in [0.1, 0.15) is 25.0 Å². The van der Waals surface area contributed by atoms with E-state index in [1.807, 2.05) is 12.1 Å². The van der Waals surface area contributed by atoms with Gasteiger partial charge in [-0.15, -0.1) is 0 Å². The summed E-state index contributed by atoms with van der Waals surface area (Å²) in [5, 5.41) is 0. The van der Waals surface area contributed by atoms with E-state index in [9.17, 15) is 0 Å². The maximum atomic E-state index is 5.87. The van der Waals surface area contributed by atoms with Crippen LogP contribution >= 0.6 is 0 Å². The van der Waals surface area contributed by atoms with Gasteiger partial charge in [0, 0.05) is 12.7 Å². The van der Waals surface area contributed by atoms with Gasteiger partial charge in [-0.25, -0.2) is 0 Å². The second kappa shape index (κ2) is 7.11. The van der Waals surface area contributed by atoms with Crippen molar-refractivity contribution in [3.63, 3.8) is 0 Å². The fraction of sp³-hybridized carbons (Fsp3) is 0.467. The zero-order valence-corrected chi connectivity index (χ0v) is 10.9. The van der Waals surface area contributed by atoms with E-state index in [4.69, 9.17) is 10.5 Å². The normalized spacial score (nSPS) is 12.1. The van der Waals surface area contributed by atoms with Crippen LogP contribution in [0.15, 0.2) is 24.3 Å². The number of methoxy groups -OCH3 is 1. The van der Waals surface area contributed by atoms with Crippen molar-refractivity contribution in [3.05, 3.63) is 35.4 Å². The predicted molar refractivity (Wildman–Crippen MR) is 71.7 cm³/mol. The smallest absolute Gasteiger partial charge is 0.0691 e. The van der Waals surface area contributed by atoms with Gasteiger partial charge in [-0.1, -0.05) is 37.8 Å². The maximum absolute atomic E-state index is 5.87. The van der Waals surface area contributed by atoms with Crippen LogP contribution in [0.25, 0.3) is 0 Å². The Morgan fingerprint density at radius 3 is 2.41 bits per heavy atom. The first-order chi connectivity index (χ1) is 8.13. The third-order valence-electron chi connectivity index (χ3n) is 2.65. The molecule has 2 N–H and O–H groups in total. The van der Waals surface area contributed by atoms with Gasteiger partial charge < -0.3 is 10.5 Å². The lowest BCUT2D eigenvalue weighted by atomic mass is 10.1. The molecule has 1 unspecified atom stereocenters. The predicted octanol–water partition coefficient (Wildman–Crippen LogP) is 2.21. The third kappa shape index (κ3) is 5.04. The molecule has 1 aromatic carbocycles. The fourth-order valence-corrected chi connectivity index (χ4v) is 1.31. The average molecular weight is 231 g/mol. The van der Waals surface area contributed by atoms with Crippen LogP contribution < -0.4 is 5.73 Å². The molecule has 0 aliphatic heterocycles. The summed E-state index contributed by atoms with van der Waals surface area (Å²) in [6, 6.07) is 8.19. The van der Waals surface area contributed by atoms with Crippen LogP contribution in [0.5, 0.6) is 0 Å². The molecule has 1 atom stereocenters. The van der Waals surface area contributed by atoms with Crippen molar-refractivity contribution in [1.82, 2.24) is 0 Å². The fourth-order valence-electron chi connectivity index (χ4n) is 1.31. The summed E-state index contributed by atoms with van der Waals surface area (Å²) in [6.45, 7) is 4.91. The number of rotatable bonds is 4. The van der Waals surface area contributed by atoms with Crippen molar-refractivity contribution in [3.8, 4) is 11.8 Å². The molecular formula is C15H21NO. The van der Waals surface area contributed by atoms with Crippen molar-refractivity contribution >= 4 is 0 Å². The number of ether oxygens (including phenoxy) is 1. The van der Waals surface area contributed by atoms with E-state index in [1.165, 1.54) is 5.56 Å². The quantitative estimate of drug-likeness (QED) is 0.806. The van der Waals surface area contributed by atoms with Crippen LogP contribution in [-0.2, 0) is 11.2 Å². The molecule has 1 aromatic rings. The zero-order chi connectivity index (χ0) is 12.7. The Labute approximate surface area is 104 Å². The highest BCUT2D eigenvalue weighted by Gasteiger charge is 2.01. The third-order valence-corrected chi connectivity index (χ3v) is 2.65. The first-order valence-electron chi connectivity index (χ1n) is 5.98. The zero-order valence-electron chi connectivity index (χ0n) is 10.9. The molecule has 17 heavy (non-hydrogen) atoms. The number of benzene rings is 1. The molecule has 0 bridgehead atoms. The number of hydrogen-bond donors (Lipinski definition) is 1. The van der Waals surface area contributed by atoms with Gasteiger partial charge in [0.1, 0.15) is 0 Å². The summed E-state index contributed by atoms with van der Waals surface area (Å²) in [6.07, 6.45) is 0.940. The molecule has 0 aliphatic carbocycles. The highest BCUT2D eigenvalue weighted by molar-refractivity contribution is 5.37. The Bertz CT molecular complexity index is 384. The van der Waals surface area contributed by atoms with E-state index in [0.29, 0.717) is 5.92 Å². The van der Waals surface area contributed by atoms with E-state index in [1.54, 1.807) is 7.11 Å². The average Bonchev–Trinajstić information content (AvgIpc) is 2.34. The van der Waals surface area contributed by atoms with Gasteiger partial charge in [0.2, 0.25) is 0 Å². The van der Waals surface area contributed by atoms with Crippen LogP contribution in [0.2, 0.25) is 0 Å². The Hall–Kier alpha value is -1.30. The van der Waals surface area contributed by atoms with Crippen molar-refractivity contribution < 1.29 is 4.74 Å². The molecule has 1 rings (SSSR count). The van der Waals surface area contributed by atoms with Crippen LogP contribution in [0.4, 0.5) is 0 Å². The Balaban J connectivity index is 2.61. The minimum Gasteiger partial charge on any atom is -0.384 e. The molecular weight excluding hydrogens is 210 g/mol. The van der Waals surface area contributed by atoms with Gasteiger partial charge >= 0.3 is 0 Å². The van der Waals surface area contributed by atoms with Gasteiger partial charge in [-0.3, -0.25) is 0 Å². The first-order valence-corrected chi connectivity index (χ1v) is 5.98. The second-order valence-corrected chi connectivity index (χ2v) is 4.48. The summed E-state index contributed by atoms with van der Waals surface area (Å²) in [7, 11) is 1.72. The topological polar surface area (TPSA) is 35.2 Å². The summed E-state index contributed by atoms with van der Waals surface area (Å²) < 4.78 is 5.04. The summed E-state index contributed by atoms with van der Waals surface area (Å²) >= 11 is 0. The summed E-state index contributed by atoms with van der Waals surface area (Å²) in [5.41, 5.74) is 8.15. The Morgan fingerprint density at radius 1 is 1.24 bits per heavy atom. The number of hydrogen-bond acceptors (Lipinski definition) is 2.